The molecule has 3 unspecified atom stereocenters. The zero-order chi connectivity index (χ0) is 17.9. The van der Waals surface area contributed by atoms with Gasteiger partial charge in [0.05, 0.1) is 0 Å². The fourth-order valence-corrected chi connectivity index (χ4v) is 5.04. The normalized spacial score (nSPS) is 33.4. The van der Waals surface area contributed by atoms with Gasteiger partial charge in [0.25, 0.3) is 5.91 Å². The van der Waals surface area contributed by atoms with E-state index in [9.17, 15) is 4.79 Å². The van der Waals surface area contributed by atoms with E-state index < -0.39 is 0 Å². The first-order valence-corrected chi connectivity index (χ1v) is 10.6. The highest BCUT2D eigenvalue weighted by Crippen LogP contribution is 2.44. The molecule has 2 aliphatic carbocycles. The molecule has 2 heterocycles. The Morgan fingerprint density at radius 1 is 1.00 bits per heavy atom. The van der Waals surface area contributed by atoms with Crippen LogP contribution >= 0.6 is 0 Å². The smallest absolute Gasteiger partial charge is 0.251 e. The van der Waals surface area contributed by atoms with Crippen molar-refractivity contribution >= 4 is 11.9 Å². The first kappa shape index (κ1) is 18.1. The number of amides is 1. The first-order valence-electron chi connectivity index (χ1n) is 10.6. The second-order valence-electron chi connectivity index (χ2n) is 8.41. The topological polar surface area (TPSA) is 57.2 Å². The maximum absolute atomic E-state index is 12.5. The van der Waals surface area contributed by atoms with Gasteiger partial charge in [0.1, 0.15) is 6.10 Å². The van der Waals surface area contributed by atoms with Crippen LogP contribution in [0.25, 0.3) is 0 Å². The molecule has 2 aliphatic heterocycles. The minimum Gasteiger partial charge on any atom is -0.368 e. The average molecular weight is 363 g/mol. The van der Waals surface area contributed by atoms with E-state index in [1.165, 1.54) is 38.5 Å². The quantitative estimate of drug-likeness (QED) is 0.615. The van der Waals surface area contributed by atoms with Crippen LogP contribution in [-0.2, 0) is 9.53 Å². The van der Waals surface area contributed by atoms with Crippen LogP contribution in [0.1, 0.15) is 51.4 Å². The van der Waals surface area contributed by atoms with E-state index in [1.54, 1.807) is 0 Å². The van der Waals surface area contributed by atoms with E-state index in [1.807, 2.05) is 11.9 Å². The second kappa shape index (κ2) is 8.15. The molecule has 4 rings (SSSR count). The van der Waals surface area contributed by atoms with Crippen molar-refractivity contribution in [2.45, 2.75) is 63.5 Å². The lowest BCUT2D eigenvalue weighted by Gasteiger charge is -2.37. The van der Waals surface area contributed by atoms with Gasteiger partial charge in [-0.25, -0.2) is 0 Å². The van der Waals surface area contributed by atoms with Crippen molar-refractivity contribution in [1.82, 2.24) is 15.1 Å². The van der Waals surface area contributed by atoms with E-state index in [-0.39, 0.29) is 12.0 Å². The zero-order valence-corrected chi connectivity index (χ0v) is 16.2. The molecule has 0 radical (unpaired) electrons. The van der Waals surface area contributed by atoms with Gasteiger partial charge < -0.3 is 19.9 Å². The van der Waals surface area contributed by atoms with Crippen molar-refractivity contribution < 1.29 is 9.53 Å². The Morgan fingerprint density at radius 3 is 2.38 bits per heavy atom. The summed E-state index contributed by atoms with van der Waals surface area (Å²) in [5.74, 6) is 3.00. The van der Waals surface area contributed by atoms with Gasteiger partial charge in [-0.1, -0.05) is 32.1 Å². The molecule has 26 heavy (non-hydrogen) atoms. The molecule has 2 saturated carbocycles. The number of rotatable bonds is 3. The number of hydrogen-bond donors (Lipinski definition) is 1. The Labute approximate surface area is 157 Å². The monoisotopic (exact) mass is 362 g/mol. The minimum atomic E-state index is -0.193. The highest BCUT2D eigenvalue weighted by Gasteiger charge is 2.44. The lowest BCUT2D eigenvalue weighted by Crippen LogP contribution is -2.55. The van der Waals surface area contributed by atoms with Crippen LogP contribution in [0.5, 0.6) is 0 Å². The highest BCUT2D eigenvalue weighted by atomic mass is 16.5. The summed E-state index contributed by atoms with van der Waals surface area (Å²) in [7, 11) is 1.88. The maximum Gasteiger partial charge on any atom is 0.251 e. The molecule has 3 atom stereocenters. The Bertz CT molecular complexity index is 518. The molecular weight excluding hydrogens is 328 g/mol. The summed E-state index contributed by atoms with van der Waals surface area (Å²) in [5.41, 5.74) is 0. The van der Waals surface area contributed by atoms with Gasteiger partial charge in [0.2, 0.25) is 0 Å². The van der Waals surface area contributed by atoms with E-state index in [2.05, 4.69) is 15.2 Å². The summed E-state index contributed by atoms with van der Waals surface area (Å²) in [6.45, 7) is 4.00. The Morgan fingerprint density at radius 2 is 1.73 bits per heavy atom. The van der Waals surface area contributed by atoms with Gasteiger partial charge in [-0.3, -0.25) is 9.79 Å². The number of guanidine groups is 1. The van der Waals surface area contributed by atoms with Crippen LogP contribution in [0, 0.1) is 11.8 Å². The van der Waals surface area contributed by atoms with Gasteiger partial charge in [-0.2, -0.15) is 0 Å². The molecule has 1 amide bonds. The Kier molecular flexibility index (Phi) is 5.67. The third-order valence-corrected chi connectivity index (χ3v) is 6.72. The molecule has 146 valence electrons. The average Bonchev–Trinajstić information content (AvgIpc) is 3.25. The van der Waals surface area contributed by atoms with Crippen molar-refractivity contribution in [3.63, 3.8) is 0 Å². The summed E-state index contributed by atoms with van der Waals surface area (Å²) in [5, 5.41) is 3.70. The van der Waals surface area contributed by atoms with Crippen LogP contribution in [0.4, 0.5) is 0 Å². The largest absolute Gasteiger partial charge is 0.368 e. The van der Waals surface area contributed by atoms with Crippen LogP contribution in [-0.4, -0.2) is 73.6 Å². The number of ether oxygens (including phenoxy) is 1. The standard InChI is InChI=1S/C20H34N4O2/c1-21-20(22-17-14-16(17)15-6-3-2-4-7-15)24-11-9-23(10-12-24)19(25)18-8-5-13-26-18/h15-18H,2-14H2,1H3,(H,21,22). The molecule has 0 bridgehead atoms. The summed E-state index contributed by atoms with van der Waals surface area (Å²) in [4.78, 5) is 21.3. The molecule has 0 aromatic heterocycles. The van der Waals surface area contributed by atoms with Gasteiger partial charge in [0.15, 0.2) is 5.96 Å². The molecule has 4 aliphatic rings. The van der Waals surface area contributed by atoms with Crippen LogP contribution < -0.4 is 5.32 Å². The van der Waals surface area contributed by atoms with Crippen molar-refractivity contribution in [3.05, 3.63) is 0 Å². The number of piperazine rings is 1. The summed E-state index contributed by atoms with van der Waals surface area (Å²) in [6.07, 6.45) is 10.1. The van der Waals surface area contributed by atoms with E-state index in [4.69, 9.17) is 4.74 Å². The maximum atomic E-state index is 12.5. The van der Waals surface area contributed by atoms with E-state index in [0.29, 0.717) is 6.04 Å². The Balaban J connectivity index is 1.23. The van der Waals surface area contributed by atoms with Gasteiger partial charge in [0, 0.05) is 45.9 Å². The summed E-state index contributed by atoms with van der Waals surface area (Å²) < 4.78 is 5.55. The number of hydrogen-bond acceptors (Lipinski definition) is 3. The fourth-order valence-electron chi connectivity index (χ4n) is 5.04. The second-order valence-corrected chi connectivity index (χ2v) is 8.41. The number of aliphatic imine (C=N–C) groups is 1. The number of carbonyl (C=O) groups is 1. The van der Waals surface area contributed by atoms with Crippen LogP contribution in [0.2, 0.25) is 0 Å². The first-order chi connectivity index (χ1) is 12.8. The van der Waals surface area contributed by atoms with Crippen molar-refractivity contribution in [2.24, 2.45) is 16.8 Å². The molecule has 6 heteroatoms. The van der Waals surface area contributed by atoms with E-state index in [0.717, 1.165) is 63.4 Å². The molecule has 6 nitrogen and oxygen atoms in total. The van der Waals surface area contributed by atoms with Gasteiger partial charge in [-0.05, 0) is 31.1 Å². The van der Waals surface area contributed by atoms with E-state index >= 15 is 0 Å². The number of carbonyl (C=O) groups excluding carboxylic acids is 1. The lowest BCUT2D eigenvalue weighted by molar-refractivity contribution is -0.142. The van der Waals surface area contributed by atoms with Crippen molar-refractivity contribution in [2.75, 3.05) is 39.8 Å². The van der Waals surface area contributed by atoms with Crippen molar-refractivity contribution in [3.8, 4) is 0 Å². The molecule has 0 aromatic carbocycles. The molecular formula is C20H34N4O2. The summed E-state index contributed by atoms with van der Waals surface area (Å²) in [6, 6.07) is 0.614. The minimum absolute atomic E-state index is 0.185. The lowest BCUT2D eigenvalue weighted by atomic mass is 9.85. The van der Waals surface area contributed by atoms with Crippen molar-refractivity contribution in [1.29, 1.82) is 0 Å². The molecule has 0 spiro atoms. The Hall–Kier alpha value is -1.30. The molecule has 4 fully saturated rings. The third kappa shape index (κ3) is 4.00. The summed E-state index contributed by atoms with van der Waals surface area (Å²) >= 11 is 0. The van der Waals surface area contributed by atoms with Gasteiger partial charge >= 0.3 is 0 Å². The van der Waals surface area contributed by atoms with Crippen LogP contribution in [0.3, 0.4) is 0 Å². The SMILES string of the molecule is CN=C(NC1CC1C1CCCCC1)N1CCN(C(=O)C2CCCO2)CC1. The predicted molar refractivity (Wildman–Crippen MR) is 102 cm³/mol. The zero-order valence-electron chi connectivity index (χ0n) is 16.2. The highest BCUT2D eigenvalue weighted by molar-refractivity contribution is 5.83. The number of nitrogens with zero attached hydrogens (tertiary/aromatic N) is 3. The predicted octanol–water partition coefficient (Wildman–Crippen LogP) is 1.85. The third-order valence-electron chi connectivity index (χ3n) is 6.72. The molecule has 0 aromatic rings. The molecule has 2 saturated heterocycles. The molecule has 1 N–H and O–H groups in total. The van der Waals surface area contributed by atoms with Gasteiger partial charge in [-0.15, -0.1) is 0 Å². The fraction of sp³-hybridized carbons (Fsp3) is 0.900. The van der Waals surface area contributed by atoms with Crippen LogP contribution in [0.15, 0.2) is 4.99 Å². The number of nitrogens with one attached hydrogen (secondary N) is 1.